The molecule has 0 radical (unpaired) electrons. The van der Waals surface area contributed by atoms with Crippen LogP contribution in [-0.4, -0.2) is 11.6 Å². The highest BCUT2D eigenvalue weighted by atomic mass is 16.6. The molecule has 10 heavy (non-hydrogen) atoms. The van der Waals surface area contributed by atoms with Crippen LogP contribution in [0.1, 0.15) is 27.2 Å². The summed E-state index contributed by atoms with van der Waals surface area (Å²) in [4.78, 5) is 10.4. The minimum Gasteiger partial charge on any atom is -0.459 e. The maximum absolute atomic E-state index is 10.4. The van der Waals surface area contributed by atoms with Crippen molar-refractivity contribution in [3.05, 3.63) is 0 Å². The molecule has 0 atom stereocenters. The lowest BCUT2D eigenvalue weighted by atomic mass is 10.1. The van der Waals surface area contributed by atoms with Crippen LogP contribution in [-0.2, 0) is 9.53 Å². The second kappa shape index (κ2) is 3.21. The van der Waals surface area contributed by atoms with Gasteiger partial charge in [0.05, 0.1) is 12.5 Å². The van der Waals surface area contributed by atoms with Crippen LogP contribution in [0.2, 0.25) is 0 Å². The van der Waals surface area contributed by atoms with Gasteiger partial charge in [-0.25, -0.2) is 0 Å². The Labute approximate surface area is 60.6 Å². The quantitative estimate of drug-likeness (QED) is 0.543. The molecular formula is C7H11NO2. The van der Waals surface area contributed by atoms with E-state index in [1.165, 1.54) is 6.92 Å². The van der Waals surface area contributed by atoms with Gasteiger partial charge in [-0.3, -0.25) is 4.79 Å². The van der Waals surface area contributed by atoms with Gasteiger partial charge in [-0.05, 0) is 13.8 Å². The van der Waals surface area contributed by atoms with Crippen molar-refractivity contribution in [3.8, 4) is 6.07 Å². The standard InChI is InChI=1S/C7H11NO2/c1-6(9)10-7(2,3)4-5-8/h4H2,1-3H3. The number of hydrogen-bond donors (Lipinski definition) is 0. The summed E-state index contributed by atoms with van der Waals surface area (Å²) in [5, 5.41) is 8.27. The predicted octanol–water partition coefficient (Wildman–Crippen LogP) is 1.24. The molecule has 0 saturated heterocycles. The SMILES string of the molecule is CC(=O)OC(C)(C)CC#N. The summed E-state index contributed by atoms with van der Waals surface area (Å²) in [6.07, 6.45) is 0.229. The fourth-order valence-electron chi connectivity index (χ4n) is 0.616. The van der Waals surface area contributed by atoms with Crippen molar-refractivity contribution < 1.29 is 9.53 Å². The summed E-state index contributed by atoms with van der Waals surface area (Å²) in [5.41, 5.74) is -0.638. The second-order valence-corrected chi connectivity index (χ2v) is 2.69. The van der Waals surface area contributed by atoms with Crippen molar-refractivity contribution in [1.29, 1.82) is 5.26 Å². The first kappa shape index (κ1) is 8.96. The molecule has 0 spiro atoms. The molecule has 0 saturated carbocycles. The van der Waals surface area contributed by atoms with Gasteiger partial charge in [0.25, 0.3) is 0 Å². The lowest BCUT2D eigenvalue weighted by molar-refractivity contribution is -0.153. The van der Waals surface area contributed by atoms with Crippen molar-refractivity contribution in [3.63, 3.8) is 0 Å². The summed E-state index contributed by atoms with van der Waals surface area (Å²) in [5.74, 6) is -0.347. The van der Waals surface area contributed by atoms with Crippen molar-refractivity contribution >= 4 is 5.97 Å². The average Bonchev–Trinajstić information content (AvgIpc) is 1.59. The molecule has 0 aliphatic carbocycles. The van der Waals surface area contributed by atoms with Gasteiger partial charge in [-0.1, -0.05) is 0 Å². The smallest absolute Gasteiger partial charge is 0.303 e. The Kier molecular flexibility index (Phi) is 2.88. The Bertz CT molecular complexity index is 167. The van der Waals surface area contributed by atoms with Crippen molar-refractivity contribution in [1.82, 2.24) is 0 Å². The average molecular weight is 141 g/mol. The number of esters is 1. The van der Waals surface area contributed by atoms with Gasteiger partial charge in [-0.2, -0.15) is 5.26 Å². The zero-order valence-corrected chi connectivity index (χ0v) is 6.47. The van der Waals surface area contributed by atoms with E-state index in [9.17, 15) is 4.79 Å². The zero-order valence-electron chi connectivity index (χ0n) is 6.47. The van der Waals surface area contributed by atoms with Crippen LogP contribution in [0.5, 0.6) is 0 Å². The first-order valence-corrected chi connectivity index (χ1v) is 3.04. The summed E-state index contributed by atoms with van der Waals surface area (Å²) in [6, 6.07) is 1.94. The van der Waals surface area contributed by atoms with Crippen LogP contribution in [0.25, 0.3) is 0 Å². The van der Waals surface area contributed by atoms with Crippen LogP contribution < -0.4 is 0 Å². The molecule has 0 aliphatic rings. The van der Waals surface area contributed by atoms with Crippen LogP contribution >= 0.6 is 0 Å². The first-order chi connectivity index (χ1) is 4.48. The monoisotopic (exact) mass is 141 g/mol. The largest absolute Gasteiger partial charge is 0.459 e. The van der Waals surface area contributed by atoms with E-state index in [1.807, 2.05) is 6.07 Å². The molecule has 0 aromatic rings. The van der Waals surface area contributed by atoms with Crippen molar-refractivity contribution in [2.75, 3.05) is 0 Å². The molecule has 56 valence electrons. The van der Waals surface area contributed by atoms with E-state index in [0.717, 1.165) is 0 Å². The Balaban J connectivity index is 3.89. The first-order valence-electron chi connectivity index (χ1n) is 3.04. The molecule has 0 aromatic heterocycles. The molecular weight excluding hydrogens is 130 g/mol. The van der Waals surface area contributed by atoms with E-state index in [-0.39, 0.29) is 12.4 Å². The third kappa shape index (κ3) is 3.90. The van der Waals surface area contributed by atoms with E-state index >= 15 is 0 Å². The van der Waals surface area contributed by atoms with Crippen LogP contribution in [0, 0.1) is 11.3 Å². The van der Waals surface area contributed by atoms with Gasteiger partial charge in [0, 0.05) is 6.92 Å². The summed E-state index contributed by atoms with van der Waals surface area (Å²) in [7, 11) is 0. The zero-order chi connectivity index (χ0) is 8.20. The molecule has 3 heteroatoms. The molecule has 0 unspecified atom stereocenters. The maximum atomic E-state index is 10.4. The van der Waals surface area contributed by atoms with Crippen LogP contribution in [0.4, 0.5) is 0 Å². The molecule has 0 heterocycles. The van der Waals surface area contributed by atoms with E-state index in [4.69, 9.17) is 10.00 Å². The summed E-state index contributed by atoms with van der Waals surface area (Å²) < 4.78 is 4.82. The molecule has 0 aliphatic heterocycles. The van der Waals surface area contributed by atoms with Crippen molar-refractivity contribution in [2.24, 2.45) is 0 Å². The Hall–Kier alpha value is -1.04. The Morgan fingerprint density at radius 1 is 1.70 bits per heavy atom. The predicted molar refractivity (Wildman–Crippen MR) is 36.1 cm³/mol. The molecule has 3 nitrogen and oxygen atoms in total. The fraction of sp³-hybridized carbons (Fsp3) is 0.714. The number of rotatable bonds is 2. The van der Waals surface area contributed by atoms with Crippen LogP contribution in [0.15, 0.2) is 0 Å². The minimum atomic E-state index is -0.638. The third-order valence-electron chi connectivity index (χ3n) is 0.925. The number of ether oxygens (including phenoxy) is 1. The summed E-state index contributed by atoms with van der Waals surface area (Å²) in [6.45, 7) is 4.74. The highest BCUT2D eigenvalue weighted by Gasteiger charge is 2.19. The number of nitrogens with zero attached hydrogens (tertiary/aromatic N) is 1. The van der Waals surface area contributed by atoms with E-state index in [2.05, 4.69) is 0 Å². The molecule has 0 rings (SSSR count). The fourth-order valence-corrected chi connectivity index (χ4v) is 0.616. The Morgan fingerprint density at radius 3 is 2.50 bits per heavy atom. The lowest BCUT2D eigenvalue weighted by Crippen LogP contribution is -2.25. The van der Waals surface area contributed by atoms with E-state index in [1.54, 1.807) is 13.8 Å². The third-order valence-corrected chi connectivity index (χ3v) is 0.925. The van der Waals surface area contributed by atoms with E-state index < -0.39 is 5.60 Å². The van der Waals surface area contributed by atoms with Crippen molar-refractivity contribution in [2.45, 2.75) is 32.8 Å². The number of hydrogen-bond acceptors (Lipinski definition) is 3. The van der Waals surface area contributed by atoms with Gasteiger partial charge in [0.2, 0.25) is 0 Å². The van der Waals surface area contributed by atoms with Gasteiger partial charge >= 0.3 is 5.97 Å². The highest BCUT2D eigenvalue weighted by molar-refractivity contribution is 5.66. The molecule has 0 bridgehead atoms. The second-order valence-electron chi connectivity index (χ2n) is 2.69. The minimum absolute atomic E-state index is 0.229. The normalized spacial score (nSPS) is 10.2. The number of carbonyl (C=O) groups excluding carboxylic acids is 1. The number of carbonyl (C=O) groups is 1. The molecule has 0 amide bonds. The van der Waals surface area contributed by atoms with Gasteiger partial charge in [0.1, 0.15) is 5.60 Å². The topological polar surface area (TPSA) is 50.1 Å². The van der Waals surface area contributed by atoms with Gasteiger partial charge < -0.3 is 4.74 Å². The molecule has 0 N–H and O–H groups in total. The van der Waals surface area contributed by atoms with Crippen LogP contribution in [0.3, 0.4) is 0 Å². The maximum Gasteiger partial charge on any atom is 0.303 e. The summed E-state index contributed by atoms with van der Waals surface area (Å²) >= 11 is 0. The van der Waals surface area contributed by atoms with Gasteiger partial charge in [-0.15, -0.1) is 0 Å². The number of nitriles is 1. The molecule has 0 aromatic carbocycles. The van der Waals surface area contributed by atoms with E-state index in [0.29, 0.717) is 0 Å². The van der Waals surface area contributed by atoms with Gasteiger partial charge in [0.15, 0.2) is 0 Å². The highest BCUT2D eigenvalue weighted by Crippen LogP contribution is 2.12. The Morgan fingerprint density at radius 2 is 2.20 bits per heavy atom. The molecule has 0 fully saturated rings. The lowest BCUT2D eigenvalue weighted by Gasteiger charge is -2.20.